The first-order valence-electron chi connectivity index (χ1n) is 8.97. The lowest BCUT2D eigenvalue weighted by atomic mass is 10.0. The van der Waals surface area contributed by atoms with Crippen LogP contribution in [0.25, 0.3) is 5.57 Å². The van der Waals surface area contributed by atoms with Crippen LogP contribution >= 0.6 is 0 Å². The minimum atomic E-state index is -0.207. The van der Waals surface area contributed by atoms with Crippen LogP contribution in [0.3, 0.4) is 0 Å². The molecule has 0 atom stereocenters. The van der Waals surface area contributed by atoms with E-state index >= 15 is 0 Å². The number of imide groups is 1. The molecular weight excluding hydrogens is 326 g/mol. The van der Waals surface area contributed by atoms with E-state index in [4.69, 9.17) is 0 Å². The molecule has 5 heteroatoms. The number of nitrogens with zero attached hydrogens (tertiary/aromatic N) is 3. The van der Waals surface area contributed by atoms with Crippen molar-refractivity contribution in [2.45, 2.75) is 20.3 Å². The number of hydrogen-bond donors (Lipinski definition) is 0. The van der Waals surface area contributed by atoms with Crippen LogP contribution in [0, 0.1) is 0 Å². The van der Waals surface area contributed by atoms with Crippen molar-refractivity contribution in [3.8, 4) is 0 Å². The second-order valence-electron chi connectivity index (χ2n) is 6.13. The summed E-state index contributed by atoms with van der Waals surface area (Å²) in [6.45, 7) is 5.54. The van der Waals surface area contributed by atoms with Gasteiger partial charge in [-0.2, -0.15) is 0 Å². The second-order valence-corrected chi connectivity index (χ2v) is 6.13. The summed E-state index contributed by atoms with van der Waals surface area (Å²) in [5.41, 5.74) is 2.97. The molecule has 26 heavy (non-hydrogen) atoms. The molecule has 5 nitrogen and oxygen atoms in total. The Hall–Kier alpha value is -2.95. The van der Waals surface area contributed by atoms with Crippen molar-refractivity contribution >= 4 is 17.4 Å². The quantitative estimate of drug-likeness (QED) is 0.721. The van der Waals surface area contributed by atoms with Crippen LogP contribution < -0.4 is 0 Å². The zero-order valence-corrected chi connectivity index (χ0v) is 15.2. The van der Waals surface area contributed by atoms with Crippen LogP contribution in [0.5, 0.6) is 0 Å². The SMILES string of the molecule is CCN(CCc1ccncc1)C1=C(c2ccccc2)C(=O)N(CC)C1=O. The van der Waals surface area contributed by atoms with Crippen LogP contribution in [0.2, 0.25) is 0 Å². The van der Waals surface area contributed by atoms with Crippen LogP contribution in [0.1, 0.15) is 25.0 Å². The van der Waals surface area contributed by atoms with Crippen molar-refractivity contribution in [2.75, 3.05) is 19.6 Å². The number of hydrogen-bond acceptors (Lipinski definition) is 4. The number of rotatable bonds is 7. The predicted octanol–water partition coefficient (Wildman–Crippen LogP) is 2.75. The molecule has 3 rings (SSSR count). The Bertz CT molecular complexity index is 816. The minimum Gasteiger partial charge on any atom is -0.366 e. The Kier molecular flexibility index (Phi) is 5.46. The standard InChI is InChI=1S/C21H23N3O2/c1-3-23(15-12-16-10-13-22-14-11-16)19-18(17-8-6-5-7-9-17)20(25)24(4-2)21(19)26/h5-11,13-14H,3-4,12,15H2,1-2H3. The molecule has 0 saturated carbocycles. The Labute approximate surface area is 154 Å². The molecule has 2 heterocycles. The molecule has 0 aliphatic carbocycles. The average molecular weight is 349 g/mol. The van der Waals surface area contributed by atoms with Gasteiger partial charge in [0.25, 0.3) is 11.8 Å². The molecule has 134 valence electrons. The van der Waals surface area contributed by atoms with Crippen LogP contribution in [0.15, 0.2) is 60.6 Å². The first-order valence-corrected chi connectivity index (χ1v) is 8.97. The third-order valence-corrected chi connectivity index (χ3v) is 4.64. The normalized spacial score (nSPS) is 14.3. The van der Waals surface area contributed by atoms with Gasteiger partial charge in [0.2, 0.25) is 0 Å². The third-order valence-electron chi connectivity index (χ3n) is 4.64. The highest BCUT2D eigenvalue weighted by molar-refractivity contribution is 6.35. The zero-order chi connectivity index (χ0) is 18.5. The third kappa shape index (κ3) is 3.38. The highest BCUT2D eigenvalue weighted by Gasteiger charge is 2.40. The van der Waals surface area contributed by atoms with E-state index in [-0.39, 0.29) is 11.8 Å². The average Bonchev–Trinajstić information content (AvgIpc) is 2.94. The smallest absolute Gasteiger partial charge is 0.277 e. The number of pyridine rings is 1. The maximum Gasteiger partial charge on any atom is 0.277 e. The summed E-state index contributed by atoms with van der Waals surface area (Å²) in [4.78, 5) is 33.2. The predicted molar refractivity (Wildman–Crippen MR) is 101 cm³/mol. The molecule has 0 spiro atoms. The van der Waals surface area contributed by atoms with Gasteiger partial charge >= 0.3 is 0 Å². The number of amides is 2. The van der Waals surface area contributed by atoms with Gasteiger partial charge in [0.1, 0.15) is 5.70 Å². The van der Waals surface area contributed by atoms with E-state index in [2.05, 4.69) is 4.98 Å². The molecule has 0 bridgehead atoms. The molecule has 1 aliphatic rings. The summed E-state index contributed by atoms with van der Waals surface area (Å²) >= 11 is 0. The molecule has 0 saturated heterocycles. The maximum atomic E-state index is 12.9. The Morgan fingerprint density at radius 2 is 1.65 bits per heavy atom. The molecule has 1 aromatic carbocycles. The van der Waals surface area contributed by atoms with Gasteiger partial charge in [0, 0.05) is 32.0 Å². The summed E-state index contributed by atoms with van der Waals surface area (Å²) in [7, 11) is 0. The van der Waals surface area contributed by atoms with E-state index < -0.39 is 0 Å². The Morgan fingerprint density at radius 3 is 2.27 bits per heavy atom. The fraction of sp³-hybridized carbons (Fsp3) is 0.286. The summed E-state index contributed by atoms with van der Waals surface area (Å²) in [6.07, 6.45) is 4.32. The molecule has 2 aromatic rings. The highest BCUT2D eigenvalue weighted by atomic mass is 16.2. The van der Waals surface area contributed by atoms with Crippen LogP contribution in [0.4, 0.5) is 0 Å². The molecular formula is C21H23N3O2. The van der Waals surface area contributed by atoms with Gasteiger partial charge in [0.15, 0.2) is 0 Å². The number of likely N-dealkylation sites (N-methyl/N-ethyl adjacent to an activating group) is 2. The lowest BCUT2D eigenvalue weighted by Gasteiger charge is -2.24. The van der Waals surface area contributed by atoms with E-state index in [1.807, 2.05) is 61.2 Å². The maximum absolute atomic E-state index is 12.9. The second kappa shape index (κ2) is 7.95. The molecule has 0 radical (unpaired) electrons. The summed E-state index contributed by atoms with van der Waals surface area (Å²) in [5, 5.41) is 0. The number of benzene rings is 1. The molecule has 0 N–H and O–H groups in total. The van der Waals surface area contributed by atoms with Gasteiger partial charge in [-0.3, -0.25) is 19.5 Å². The van der Waals surface area contributed by atoms with Crippen LogP contribution in [-0.2, 0) is 16.0 Å². The van der Waals surface area contributed by atoms with E-state index in [0.717, 1.165) is 17.5 Å². The topological polar surface area (TPSA) is 53.5 Å². The van der Waals surface area contributed by atoms with Crippen molar-refractivity contribution in [1.29, 1.82) is 0 Å². The summed E-state index contributed by atoms with van der Waals surface area (Å²) < 4.78 is 0. The monoisotopic (exact) mass is 349 g/mol. The highest BCUT2D eigenvalue weighted by Crippen LogP contribution is 2.31. The lowest BCUT2D eigenvalue weighted by molar-refractivity contribution is -0.137. The van der Waals surface area contributed by atoms with Crippen LogP contribution in [-0.4, -0.2) is 46.2 Å². The lowest BCUT2D eigenvalue weighted by Crippen LogP contribution is -2.35. The first kappa shape index (κ1) is 17.9. The fourth-order valence-corrected chi connectivity index (χ4v) is 3.25. The molecule has 1 aliphatic heterocycles. The fourth-order valence-electron chi connectivity index (χ4n) is 3.25. The molecule has 0 fully saturated rings. The van der Waals surface area contributed by atoms with Crippen molar-refractivity contribution < 1.29 is 9.59 Å². The van der Waals surface area contributed by atoms with Gasteiger partial charge in [-0.15, -0.1) is 0 Å². The van der Waals surface area contributed by atoms with Gasteiger partial charge in [-0.1, -0.05) is 30.3 Å². The van der Waals surface area contributed by atoms with Crippen molar-refractivity contribution in [3.63, 3.8) is 0 Å². The molecule has 2 amide bonds. The molecule has 1 aromatic heterocycles. The summed E-state index contributed by atoms with van der Waals surface area (Å²) in [5.74, 6) is -0.408. The summed E-state index contributed by atoms with van der Waals surface area (Å²) in [6, 6.07) is 13.4. The number of carbonyl (C=O) groups is 2. The zero-order valence-electron chi connectivity index (χ0n) is 15.2. The van der Waals surface area contributed by atoms with E-state index in [0.29, 0.717) is 30.9 Å². The minimum absolute atomic E-state index is 0.201. The van der Waals surface area contributed by atoms with Gasteiger partial charge in [-0.05, 0) is 43.5 Å². The molecule has 0 unspecified atom stereocenters. The Morgan fingerprint density at radius 1 is 0.962 bits per heavy atom. The Balaban J connectivity index is 1.96. The van der Waals surface area contributed by atoms with Crippen molar-refractivity contribution in [2.24, 2.45) is 0 Å². The number of aromatic nitrogens is 1. The van der Waals surface area contributed by atoms with Crippen molar-refractivity contribution in [3.05, 3.63) is 71.7 Å². The number of carbonyl (C=O) groups excluding carboxylic acids is 2. The van der Waals surface area contributed by atoms with E-state index in [9.17, 15) is 9.59 Å². The van der Waals surface area contributed by atoms with Gasteiger partial charge < -0.3 is 4.90 Å². The van der Waals surface area contributed by atoms with Gasteiger partial charge in [-0.25, -0.2) is 0 Å². The largest absolute Gasteiger partial charge is 0.366 e. The first-order chi connectivity index (χ1) is 12.7. The van der Waals surface area contributed by atoms with E-state index in [1.165, 1.54) is 4.90 Å². The van der Waals surface area contributed by atoms with Crippen molar-refractivity contribution in [1.82, 2.24) is 14.8 Å². The van der Waals surface area contributed by atoms with E-state index in [1.54, 1.807) is 12.4 Å². The van der Waals surface area contributed by atoms with Gasteiger partial charge in [0.05, 0.1) is 5.57 Å².